The highest BCUT2D eigenvalue weighted by Gasteiger charge is 2.29. The normalized spacial score (nSPS) is 15.4. The first-order valence-electron chi connectivity index (χ1n) is 8.89. The van der Waals surface area contributed by atoms with E-state index in [0.717, 1.165) is 17.1 Å². The van der Waals surface area contributed by atoms with E-state index in [1.165, 1.54) is 22.5 Å². The first kappa shape index (κ1) is 20.0. The van der Waals surface area contributed by atoms with E-state index in [9.17, 15) is 8.42 Å². The van der Waals surface area contributed by atoms with Crippen molar-refractivity contribution >= 4 is 39.0 Å². The number of sulfonamides is 1. The Balaban J connectivity index is 1.44. The third kappa shape index (κ3) is 4.20. The maximum absolute atomic E-state index is 12.9. The number of anilines is 1. The van der Waals surface area contributed by atoms with Gasteiger partial charge in [-0.05, 0) is 42.5 Å². The van der Waals surface area contributed by atoms with E-state index in [1.807, 2.05) is 29.2 Å². The summed E-state index contributed by atoms with van der Waals surface area (Å²) in [6.07, 6.45) is 3.41. The molecule has 7 nitrogen and oxygen atoms in total. The molecule has 0 N–H and O–H groups in total. The van der Waals surface area contributed by atoms with E-state index in [4.69, 9.17) is 23.2 Å². The average Bonchev–Trinajstić information content (AvgIpc) is 2.76. The second-order valence-corrected chi connectivity index (χ2v) is 9.23. The molecule has 1 aromatic carbocycles. The van der Waals surface area contributed by atoms with Gasteiger partial charge in [-0.1, -0.05) is 23.2 Å². The Kier molecular flexibility index (Phi) is 5.69. The van der Waals surface area contributed by atoms with Gasteiger partial charge in [0.15, 0.2) is 5.82 Å². The molecule has 0 saturated carbocycles. The van der Waals surface area contributed by atoms with Crippen molar-refractivity contribution in [1.29, 1.82) is 0 Å². The molecule has 3 aromatic rings. The second kappa shape index (κ2) is 8.23. The van der Waals surface area contributed by atoms with E-state index in [1.54, 1.807) is 12.4 Å². The molecule has 0 aliphatic carbocycles. The summed E-state index contributed by atoms with van der Waals surface area (Å²) in [5, 5.41) is 9.12. The van der Waals surface area contributed by atoms with Crippen molar-refractivity contribution in [2.24, 2.45) is 0 Å². The van der Waals surface area contributed by atoms with Crippen molar-refractivity contribution in [3.8, 4) is 11.3 Å². The number of halogens is 2. The van der Waals surface area contributed by atoms with Crippen LogP contribution in [0.15, 0.2) is 59.8 Å². The molecule has 3 heterocycles. The first-order chi connectivity index (χ1) is 13.9. The average molecular weight is 450 g/mol. The van der Waals surface area contributed by atoms with Crippen LogP contribution in [0.1, 0.15) is 0 Å². The van der Waals surface area contributed by atoms with Crippen molar-refractivity contribution in [2.75, 3.05) is 31.1 Å². The Morgan fingerprint density at radius 1 is 0.828 bits per heavy atom. The molecular weight excluding hydrogens is 433 g/mol. The van der Waals surface area contributed by atoms with Crippen molar-refractivity contribution in [1.82, 2.24) is 19.5 Å². The molecule has 1 fully saturated rings. The summed E-state index contributed by atoms with van der Waals surface area (Å²) in [7, 11) is -3.63. The molecule has 29 heavy (non-hydrogen) atoms. The van der Waals surface area contributed by atoms with Gasteiger partial charge in [-0.15, -0.1) is 10.2 Å². The summed E-state index contributed by atoms with van der Waals surface area (Å²) in [4.78, 5) is 6.15. The fourth-order valence-electron chi connectivity index (χ4n) is 3.11. The van der Waals surface area contributed by atoms with Crippen molar-refractivity contribution in [2.45, 2.75) is 4.90 Å². The Labute approximate surface area is 179 Å². The highest BCUT2D eigenvalue weighted by atomic mass is 35.5. The van der Waals surface area contributed by atoms with E-state index < -0.39 is 10.0 Å². The second-order valence-electron chi connectivity index (χ2n) is 6.48. The molecule has 0 spiro atoms. The number of pyridine rings is 1. The van der Waals surface area contributed by atoms with E-state index in [0.29, 0.717) is 31.2 Å². The Bertz CT molecular complexity index is 1100. The lowest BCUT2D eigenvalue weighted by Crippen LogP contribution is -2.49. The predicted molar refractivity (Wildman–Crippen MR) is 113 cm³/mol. The SMILES string of the molecule is O=S(=O)(c1ccc(Cl)c(Cl)c1)N1CCN(c2ccc(-c3ccncc3)nn2)CC1. The molecule has 1 saturated heterocycles. The summed E-state index contributed by atoms with van der Waals surface area (Å²) in [5.74, 6) is 0.717. The number of hydrogen-bond donors (Lipinski definition) is 0. The lowest BCUT2D eigenvalue weighted by Gasteiger charge is -2.34. The number of aromatic nitrogens is 3. The van der Waals surface area contributed by atoms with Gasteiger partial charge in [0.25, 0.3) is 0 Å². The zero-order valence-corrected chi connectivity index (χ0v) is 17.6. The maximum Gasteiger partial charge on any atom is 0.243 e. The minimum absolute atomic E-state index is 0.141. The largest absolute Gasteiger partial charge is 0.352 e. The molecule has 0 radical (unpaired) electrons. The fraction of sp³-hybridized carbons (Fsp3) is 0.211. The quantitative estimate of drug-likeness (QED) is 0.607. The molecule has 2 aromatic heterocycles. The number of rotatable bonds is 4. The van der Waals surface area contributed by atoms with Crippen LogP contribution in [0.25, 0.3) is 11.3 Å². The Morgan fingerprint density at radius 2 is 1.55 bits per heavy atom. The summed E-state index contributed by atoms with van der Waals surface area (Å²) < 4.78 is 27.2. The fourth-order valence-corrected chi connectivity index (χ4v) is 4.93. The molecular formula is C19H17Cl2N5O2S. The standard InChI is InChI=1S/C19H17Cl2N5O2S/c20-16-2-1-15(13-17(16)21)29(27,28)26-11-9-25(10-12-26)19-4-3-18(23-24-19)14-5-7-22-8-6-14/h1-8,13H,9-12H2. The van der Waals surface area contributed by atoms with Crippen LogP contribution < -0.4 is 4.90 Å². The van der Waals surface area contributed by atoms with Crippen molar-refractivity contribution < 1.29 is 8.42 Å². The van der Waals surface area contributed by atoms with Gasteiger partial charge in [-0.2, -0.15) is 4.31 Å². The summed E-state index contributed by atoms with van der Waals surface area (Å²) >= 11 is 11.9. The van der Waals surface area contributed by atoms with Gasteiger partial charge in [-0.3, -0.25) is 4.98 Å². The molecule has 1 aliphatic rings. The molecule has 0 amide bonds. The van der Waals surface area contributed by atoms with Crippen LogP contribution in [-0.2, 0) is 10.0 Å². The molecule has 1 aliphatic heterocycles. The molecule has 10 heteroatoms. The minimum Gasteiger partial charge on any atom is -0.352 e. The van der Waals surface area contributed by atoms with Crippen LogP contribution in [0.5, 0.6) is 0 Å². The topological polar surface area (TPSA) is 79.3 Å². The van der Waals surface area contributed by atoms with Gasteiger partial charge in [0.1, 0.15) is 0 Å². The lowest BCUT2D eigenvalue weighted by molar-refractivity contribution is 0.383. The molecule has 0 atom stereocenters. The molecule has 150 valence electrons. The number of nitrogens with zero attached hydrogens (tertiary/aromatic N) is 5. The number of piperazine rings is 1. The smallest absolute Gasteiger partial charge is 0.243 e. The first-order valence-corrected chi connectivity index (χ1v) is 11.1. The van der Waals surface area contributed by atoms with Crippen molar-refractivity contribution in [3.05, 3.63) is 64.9 Å². The van der Waals surface area contributed by atoms with Crippen molar-refractivity contribution in [3.63, 3.8) is 0 Å². The Morgan fingerprint density at radius 3 is 2.17 bits per heavy atom. The highest BCUT2D eigenvalue weighted by Crippen LogP contribution is 2.27. The van der Waals surface area contributed by atoms with Gasteiger partial charge in [0, 0.05) is 44.1 Å². The zero-order valence-electron chi connectivity index (χ0n) is 15.2. The maximum atomic E-state index is 12.9. The van der Waals surface area contributed by atoms with Crippen LogP contribution in [0, 0.1) is 0 Å². The summed E-state index contributed by atoms with van der Waals surface area (Å²) in [6.45, 7) is 1.72. The monoisotopic (exact) mass is 449 g/mol. The zero-order chi connectivity index (χ0) is 20.4. The van der Waals surface area contributed by atoms with Gasteiger partial charge >= 0.3 is 0 Å². The number of benzene rings is 1. The van der Waals surface area contributed by atoms with Gasteiger partial charge in [0.05, 0.1) is 20.6 Å². The predicted octanol–water partition coefficient (Wildman–Crippen LogP) is 3.36. The minimum atomic E-state index is -3.63. The van der Waals surface area contributed by atoms with Crippen LogP contribution in [-0.4, -0.2) is 54.1 Å². The van der Waals surface area contributed by atoms with Crippen LogP contribution >= 0.6 is 23.2 Å². The van der Waals surface area contributed by atoms with Gasteiger partial charge in [0.2, 0.25) is 10.0 Å². The van der Waals surface area contributed by atoms with E-state index >= 15 is 0 Å². The number of hydrogen-bond acceptors (Lipinski definition) is 6. The van der Waals surface area contributed by atoms with Gasteiger partial charge < -0.3 is 4.90 Å². The highest BCUT2D eigenvalue weighted by molar-refractivity contribution is 7.89. The summed E-state index contributed by atoms with van der Waals surface area (Å²) in [6, 6.07) is 11.9. The third-order valence-corrected chi connectivity index (χ3v) is 7.35. The summed E-state index contributed by atoms with van der Waals surface area (Å²) in [5.41, 5.74) is 1.70. The molecule has 0 bridgehead atoms. The van der Waals surface area contributed by atoms with Gasteiger partial charge in [-0.25, -0.2) is 8.42 Å². The Hall–Kier alpha value is -2.26. The lowest BCUT2D eigenvalue weighted by atomic mass is 10.2. The van der Waals surface area contributed by atoms with Crippen LogP contribution in [0.2, 0.25) is 10.0 Å². The molecule has 0 unspecified atom stereocenters. The van der Waals surface area contributed by atoms with E-state index in [-0.39, 0.29) is 9.92 Å². The van der Waals surface area contributed by atoms with Crippen LogP contribution in [0.3, 0.4) is 0 Å². The molecule has 4 rings (SSSR count). The third-order valence-electron chi connectivity index (χ3n) is 4.72. The van der Waals surface area contributed by atoms with E-state index in [2.05, 4.69) is 15.2 Å². The van der Waals surface area contributed by atoms with Crippen LogP contribution in [0.4, 0.5) is 5.82 Å².